The van der Waals surface area contributed by atoms with Crippen molar-refractivity contribution in [3.63, 3.8) is 0 Å². The molecule has 3 saturated carbocycles. The summed E-state index contributed by atoms with van der Waals surface area (Å²) in [6, 6.07) is 0.505. The normalized spacial score (nSPS) is 46.5. The first kappa shape index (κ1) is 9.68. The van der Waals surface area contributed by atoms with Crippen LogP contribution in [0.3, 0.4) is 0 Å². The first-order valence-corrected chi connectivity index (χ1v) is 6.28. The molecule has 2 bridgehead atoms. The molecule has 15 heavy (non-hydrogen) atoms. The van der Waals surface area contributed by atoms with Crippen molar-refractivity contribution in [3.8, 4) is 0 Å². The zero-order valence-corrected chi connectivity index (χ0v) is 9.92. The lowest BCUT2D eigenvalue weighted by molar-refractivity contribution is -0.129. The van der Waals surface area contributed by atoms with Gasteiger partial charge in [-0.15, -0.1) is 0 Å². The lowest BCUT2D eigenvalue weighted by atomic mass is 9.91. The molecule has 0 unspecified atom stereocenters. The first-order valence-electron chi connectivity index (χ1n) is 6.28. The minimum Gasteiger partial charge on any atom is -0.353 e. The fourth-order valence-electron chi connectivity index (χ4n) is 3.75. The van der Waals surface area contributed by atoms with E-state index < -0.39 is 0 Å². The van der Waals surface area contributed by atoms with Crippen molar-refractivity contribution in [2.45, 2.75) is 46.1 Å². The molecule has 0 spiro atoms. The second-order valence-electron chi connectivity index (χ2n) is 6.79. The summed E-state index contributed by atoms with van der Waals surface area (Å²) in [5.74, 6) is 4.04. The molecule has 0 heterocycles. The third-order valence-corrected chi connectivity index (χ3v) is 4.69. The second-order valence-corrected chi connectivity index (χ2v) is 6.79. The Morgan fingerprint density at radius 3 is 2.33 bits per heavy atom. The molecule has 5 atom stereocenters. The zero-order chi connectivity index (χ0) is 10.8. The van der Waals surface area contributed by atoms with Gasteiger partial charge in [0.2, 0.25) is 5.91 Å². The molecule has 0 aromatic carbocycles. The van der Waals surface area contributed by atoms with E-state index in [1.807, 2.05) is 20.8 Å². The molecule has 3 aliphatic rings. The number of nitrogens with one attached hydrogen (secondary N) is 1. The van der Waals surface area contributed by atoms with Gasteiger partial charge >= 0.3 is 0 Å². The van der Waals surface area contributed by atoms with Crippen LogP contribution in [-0.2, 0) is 4.79 Å². The summed E-state index contributed by atoms with van der Waals surface area (Å²) in [6.45, 7) is 5.99. The van der Waals surface area contributed by atoms with E-state index in [-0.39, 0.29) is 11.3 Å². The van der Waals surface area contributed by atoms with Crippen LogP contribution in [0, 0.1) is 29.1 Å². The molecular formula is C13H21NO. The summed E-state index contributed by atoms with van der Waals surface area (Å²) in [7, 11) is 0. The third-order valence-electron chi connectivity index (χ3n) is 4.69. The summed E-state index contributed by atoms with van der Waals surface area (Å²) in [4.78, 5) is 11.9. The minimum atomic E-state index is -0.231. The van der Waals surface area contributed by atoms with Crippen molar-refractivity contribution in [1.29, 1.82) is 0 Å². The maximum Gasteiger partial charge on any atom is 0.225 e. The highest BCUT2D eigenvalue weighted by Gasteiger charge is 2.61. The molecule has 0 saturated heterocycles. The van der Waals surface area contributed by atoms with Gasteiger partial charge in [0.15, 0.2) is 0 Å². The van der Waals surface area contributed by atoms with E-state index in [0.717, 1.165) is 23.7 Å². The van der Waals surface area contributed by atoms with Crippen LogP contribution >= 0.6 is 0 Å². The molecule has 1 N–H and O–H groups in total. The number of amides is 1. The molecular weight excluding hydrogens is 186 g/mol. The second kappa shape index (κ2) is 2.78. The van der Waals surface area contributed by atoms with Crippen LogP contribution in [0.1, 0.15) is 40.0 Å². The Morgan fingerprint density at radius 1 is 1.07 bits per heavy atom. The average molecular weight is 207 g/mol. The van der Waals surface area contributed by atoms with E-state index >= 15 is 0 Å². The number of hydrogen-bond donors (Lipinski definition) is 1. The highest BCUT2D eigenvalue weighted by atomic mass is 16.2. The lowest BCUT2D eigenvalue weighted by Gasteiger charge is -2.27. The molecule has 2 heteroatoms. The van der Waals surface area contributed by atoms with Crippen molar-refractivity contribution in [1.82, 2.24) is 5.32 Å². The number of hydrogen-bond acceptors (Lipinski definition) is 1. The van der Waals surface area contributed by atoms with Gasteiger partial charge in [0, 0.05) is 11.5 Å². The minimum absolute atomic E-state index is 0.231. The summed E-state index contributed by atoms with van der Waals surface area (Å²) in [6.07, 6.45) is 4.11. The van der Waals surface area contributed by atoms with E-state index in [4.69, 9.17) is 0 Å². The Kier molecular flexibility index (Phi) is 1.79. The van der Waals surface area contributed by atoms with Crippen LogP contribution in [0.4, 0.5) is 0 Å². The standard InChI is InChI=1S/C13H21NO/c1-13(2,3)12(15)14-11-5-7-4-10(11)9-6-8(7)9/h7-11H,4-6H2,1-3H3,(H,14,15)/t7-,8+,9+,10+,11-/m1/s1. The smallest absolute Gasteiger partial charge is 0.225 e. The van der Waals surface area contributed by atoms with Crippen LogP contribution in [0.2, 0.25) is 0 Å². The van der Waals surface area contributed by atoms with E-state index in [0.29, 0.717) is 6.04 Å². The van der Waals surface area contributed by atoms with Gasteiger partial charge in [0.25, 0.3) is 0 Å². The SMILES string of the molecule is CC(C)(C)C(=O)N[C@@H]1C[C@H]2C[C@H]1[C@H]1C[C@@H]21. The van der Waals surface area contributed by atoms with Crippen LogP contribution in [0.5, 0.6) is 0 Å². The zero-order valence-electron chi connectivity index (χ0n) is 9.92. The van der Waals surface area contributed by atoms with Gasteiger partial charge in [-0.25, -0.2) is 0 Å². The van der Waals surface area contributed by atoms with Gasteiger partial charge in [0.05, 0.1) is 0 Å². The van der Waals surface area contributed by atoms with Gasteiger partial charge in [-0.05, 0) is 42.9 Å². The maximum absolute atomic E-state index is 11.9. The Morgan fingerprint density at radius 2 is 1.80 bits per heavy atom. The molecule has 3 rings (SSSR count). The predicted molar refractivity (Wildman–Crippen MR) is 59.2 cm³/mol. The monoisotopic (exact) mass is 207 g/mol. The molecule has 1 amide bonds. The Labute approximate surface area is 91.8 Å². The summed E-state index contributed by atoms with van der Waals surface area (Å²) in [5.41, 5.74) is -0.231. The topological polar surface area (TPSA) is 29.1 Å². The van der Waals surface area contributed by atoms with Crippen LogP contribution in [0.25, 0.3) is 0 Å². The Hall–Kier alpha value is -0.530. The number of fused-ring (bicyclic) bond motifs is 5. The van der Waals surface area contributed by atoms with Crippen LogP contribution in [-0.4, -0.2) is 11.9 Å². The van der Waals surface area contributed by atoms with Crippen molar-refractivity contribution in [2.24, 2.45) is 29.1 Å². The van der Waals surface area contributed by atoms with Crippen molar-refractivity contribution < 1.29 is 4.79 Å². The fourth-order valence-corrected chi connectivity index (χ4v) is 3.75. The number of carbonyl (C=O) groups is 1. The van der Waals surface area contributed by atoms with Crippen LogP contribution in [0.15, 0.2) is 0 Å². The highest BCUT2D eigenvalue weighted by Crippen LogP contribution is 2.65. The Balaban J connectivity index is 1.64. The Bertz CT molecular complexity index is 304. The first-order chi connectivity index (χ1) is 6.97. The quantitative estimate of drug-likeness (QED) is 0.701. The van der Waals surface area contributed by atoms with Crippen LogP contribution < -0.4 is 5.32 Å². The highest BCUT2D eigenvalue weighted by molar-refractivity contribution is 5.81. The van der Waals surface area contributed by atoms with Gasteiger partial charge < -0.3 is 5.32 Å². The lowest BCUT2D eigenvalue weighted by Crippen LogP contribution is -2.44. The van der Waals surface area contributed by atoms with E-state index in [2.05, 4.69) is 5.32 Å². The number of rotatable bonds is 1. The maximum atomic E-state index is 11.9. The molecule has 0 radical (unpaired) electrons. The molecule has 2 nitrogen and oxygen atoms in total. The fraction of sp³-hybridized carbons (Fsp3) is 0.923. The van der Waals surface area contributed by atoms with Gasteiger partial charge in [-0.2, -0.15) is 0 Å². The van der Waals surface area contributed by atoms with Crippen molar-refractivity contribution in [2.75, 3.05) is 0 Å². The predicted octanol–water partition coefficient (Wildman–Crippen LogP) is 2.19. The molecule has 0 aromatic rings. The van der Waals surface area contributed by atoms with E-state index in [1.165, 1.54) is 19.3 Å². The third kappa shape index (κ3) is 1.41. The largest absolute Gasteiger partial charge is 0.353 e. The molecule has 84 valence electrons. The molecule has 0 aromatic heterocycles. The molecule has 3 fully saturated rings. The van der Waals surface area contributed by atoms with Gasteiger partial charge in [0.1, 0.15) is 0 Å². The van der Waals surface area contributed by atoms with E-state index in [9.17, 15) is 4.79 Å². The molecule has 3 aliphatic carbocycles. The molecule has 0 aliphatic heterocycles. The average Bonchev–Trinajstić information content (AvgIpc) is 2.74. The summed E-state index contributed by atoms with van der Waals surface area (Å²) >= 11 is 0. The van der Waals surface area contributed by atoms with Gasteiger partial charge in [-0.3, -0.25) is 4.79 Å². The van der Waals surface area contributed by atoms with E-state index in [1.54, 1.807) is 0 Å². The van der Waals surface area contributed by atoms with Crippen molar-refractivity contribution >= 4 is 5.91 Å². The summed E-state index contributed by atoms with van der Waals surface area (Å²) in [5, 5.41) is 3.27. The van der Waals surface area contributed by atoms with Gasteiger partial charge in [-0.1, -0.05) is 20.8 Å². The van der Waals surface area contributed by atoms with Crippen molar-refractivity contribution in [3.05, 3.63) is 0 Å². The number of carbonyl (C=O) groups excluding carboxylic acids is 1. The summed E-state index contributed by atoms with van der Waals surface area (Å²) < 4.78 is 0.